The Balaban J connectivity index is 1.96. The number of rotatable bonds is 5. The maximum absolute atomic E-state index is 12.1. The second-order valence-corrected chi connectivity index (χ2v) is 6.03. The Morgan fingerprint density at radius 1 is 1.19 bits per heavy atom. The maximum atomic E-state index is 12.1. The van der Waals surface area contributed by atoms with Gasteiger partial charge in [-0.3, -0.25) is 9.00 Å². The average molecular weight is 303 g/mol. The smallest absolute Gasteiger partial charge is 0.237 e. The number of hydrogen-bond donors (Lipinski definition) is 1. The molecule has 0 aliphatic heterocycles. The molecular weight excluding hydrogens is 286 g/mol. The van der Waals surface area contributed by atoms with Gasteiger partial charge in [0.15, 0.2) is 0 Å². The third-order valence-corrected chi connectivity index (χ3v) is 4.19. The van der Waals surface area contributed by atoms with E-state index in [1.165, 1.54) is 0 Å². The van der Waals surface area contributed by atoms with Crippen LogP contribution in [0.5, 0.6) is 5.75 Å². The number of aryl methyl sites for hydroxylation is 1. The number of hydrogen-bond acceptors (Lipinski definition) is 3. The first-order chi connectivity index (χ1) is 10.1. The standard InChI is InChI=1S/C16H17NO3S/c1-12-4-3-5-15(10-12)21(19)11-16(18)17-13-6-8-14(20-2)9-7-13/h3-10H,11H2,1-2H3,(H,17,18)/t21-/m0/s1. The van der Waals surface area contributed by atoms with Crippen LogP contribution in [0.4, 0.5) is 5.69 Å². The molecule has 5 heteroatoms. The number of anilines is 1. The Labute approximate surface area is 126 Å². The summed E-state index contributed by atoms with van der Waals surface area (Å²) in [5.41, 5.74) is 1.68. The Hall–Kier alpha value is -2.14. The number of carbonyl (C=O) groups excluding carboxylic acids is 1. The summed E-state index contributed by atoms with van der Waals surface area (Å²) in [6.45, 7) is 1.93. The zero-order valence-corrected chi connectivity index (χ0v) is 12.8. The summed E-state index contributed by atoms with van der Waals surface area (Å²) < 4.78 is 17.2. The normalized spacial score (nSPS) is 11.7. The minimum Gasteiger partial charge on any atom is -0.497 e. The lowest BCUT2D eigenvalue weighted by Gasteiger charge is -2.07. The fraction of sp³-hybridized carbons (Fsp3) is 0.188. The van der Waals surface area contributed by atoms with Crippen molar-refractivity contribution >= 4 is 22.4 Å². The molecule has 2 aromatic rings. The van der Waals surface area contributed by atoms with E-state index in [4.69, 9.17) is 4.74 Å². The van der Waals surface area contributed by atoms with Crippen LogP contribution >= 0.6 is 0 Å². The predicted octanol–water partition coefficient (Wildman–Crippen LogP) is 2.75. The van der Waals surface area contributed by atoms with Crippen LogP contribution in [0, 0.1) is 6.92 Å². The molecule has 0 saturated heterocycles. The monoisotopic (exact) mass is 303 g/mol. The fourth-order valence-electron chi connectivity index (χ4n) is 1.83. The van der Waals surface area contributed by atoms with Crippen LogP contribution < -0.4 is 10.1 Å². The van der Waals surface area contributed by atoms with Gasteiger partial charge in [0, 0.05) is 10.6 Å². The van der Waals surface area contributed by atoms with Gasteiger partial charge in [-0.15, -0.1) is 0 Å². The molecule has 21 heavy (non-hydrogen) atoms. The van der Waals surface area contributed by atoms with E-state index in [0.29, 0.717) is 10.6 Å². The topological polar surface area (TPSA) is 55.4 Å². The van der Waals surface area contributed by atoms with Crippen molar-refractivity contribution in [3.63, 3.8) is 0 Å². The van der Waals surface area contributed by atoms with Gasteiger partial charge in [0.2, 0.25) is 5.91 Å². The molecule has 0 spiro atoms. The van der Waals surface area contributed by atoms with Crippen LogP contribution in [0.25, 0.3) is 0 Å². The largest absolute Gasteiger partial charge is 0.497 e. The summed E-state index contributed by atoms with van der Waals surface area (Å²) in [7, 11) is 0.242. The highest BCUT2D eigenvalue weighted by molar-refractivity contribution is 7.85. The van der Waals surface area contributed by atoms with Gasteiger partial charge in [-0.05, 0) is 48.9 Å². The molecule has 0 aliphatic carbocycles. The molecule has 1 N–H and O–H groups in total. The molecule has 110 valence electrons. The number of carbonyl (C=O) groups is 1. The Kier molecular flexibility index (Phi) is 5.11. The first-order valence-corrected chi connectivity index (χ1v) is 7.79. The molecule has 0 saturated carbocycles. The number of methoxy groups -OCH3 is 1. The molecule has 1 amide bonds. The van der Waals surface area contributed by atoms with Gasteiger partial charge < -0.3 is 10.1 Å². The zero-order chi connectivity index (χ0) is 15.2. The highest BCUT2D eigenvalue weighted by Gasteiger charge is 2.10. The van der Waals surface area contributed by atoms with Gasteiger partial charge in [0.25, 0.3) is 0 Å². The van der Waals surface area contributed by atoms with Crippen LogP contribution in [0.2, 0.25) is 0 Å². The predicted molar refractivity (Wildman–Crippen MR) is 84.1 cm³/mol. The van der Waals surface area contributed by atoms with Gasteiger partial charge in [-0.1, -0.05) is 12.1 Å². The van der Waals surface area contributed by atoms with Crippen molar-refractivity contribution in [2.45, 2.75) is 11.8 Å². The average Bonchev–Trinajstić information content (AvgIpc) is 2.48. The molecule has 0 aliphatic rings. The van der Waals surface area contributed by atoms with Crippen molar-refractivity contribution in [3.8, 4) is 5.75 Å². The van der Waals surface area contributed by atoms with Gasteiger partial charge in [-0.2, -0.15) is 0 Å². The quantitative estimate of drug-likeness (QED) is 0.924. The molecule has 0 radical (unpaired) electrons. The Morgan fingerprint density at radius 2 is 1.90 bits per heavy atom. The minimum atomic E-state index is -1.34. The summed E-state index contributed by atoms with van der Waals surface area (Å²) in [6, 6.07) is 14.4. The van der Waals surface area contributed by atoms with Crippen molar-refractivity contribution in [2.24, 2.45) is 0 Å². The highest BCUT2D eigenvalue weighted by atomic mass is 32.2. The lowest BCUT2D eigenvalue weighted by atomic mass is 10.2. The molecule has 0 fully saturated rings. The van der Waals surface area contributed by atoms with Crippen molar-refractivity contribution in [2.75, 3.05) is 18.2 Å². The van der Waals surface area contributed by atoms with Gasteiger partial charge in [0.1, 0.15) is 11.5 Å². The molecular formula is C16H17NO3S. The van der Waals surface area contributed by atoms with Crippen molar-refractivity contribution < 1.29 is 13.7 Å². The first-order valence-electron chi connectivity index (χ1n) is 6.47. The lowest BCUT2D eigenvalue weighted by Crippen LogP contribution is -2.19. The molecule has 2 aromatic carbocycles. The Bertz CT molecular complexity index is 653. The Morgan fingerprint density at radius 3 is 2.52 bits per heavy atom. The zero-order valence-electron chi connectivity index (χ0n) is 12.0. The van der Waals surface area contributed by atoms with Crippen LogP contribution in [0.1, 0.15) is 5.56 Å². The molecule has 4 nitrogen and oxygen atoms in total. The van der Waals surface area contributed by atoms with E-state index >= 15 is 0 Å². The number of ether oxygens (including phenoxy) is 1. The second kappa shape index (κ2) is 7.04. The van der Waals surface area contributed by atoms with Crippen LogP contribution in [-0.4, -0.2) is 23.0 Å². The molecule has 0 unspecified atom stereocenters. The van der Waals surface area contributed by atoms with Gasteiger partial charge in [0.05, 0.1) is 17.9 Å². The molecule has 1 atom stereocenters. The van der Waals surface area contributed by atoms with E-state index in [1.807, 2.05) is 25.1 Å². The van der Waals surface area contributed by atoms with Crippen molar-refractivity contribution in [1.82, 2.24) is 0 Å². The minimum absolute atomic E-state index is 0.0600. The van der Waals surface area contributed by atoms with Crippen molar-refractivity contribution in [3.05, 3.63) is 54.1 Å². The summed E-state index contributed by atoms with van der Waals surface area (Å²) in [5, 5.41) is 2.72. The maximum Gasteiger partial charge on any atom is 0.237 e. The second-order valence-electron chi connectivity index (χ2n) is 4.58. The summed E-state index contributed by atoms with van der Waals surface area (Å²) >= 11 is 0. The third-order valence-electron chi connectivity index (χ3n) is 2.89. The highest BCUT2D eigenvalue weighted by Crippen LogP contribution is 2.15. The number of benzene rings is 2. The van der Waals surface area contributed by atoms with E-state index in [9.17, 15) is 9.00 Å². The molecule has 0 aromatic heterocycles. The number of nitrogens with one attached hydrogen (secondary N) is 1. The molecule has 2 rings (SSSR count). The SMILES string of the molecule is COc1ccc(NC(=O)C[S@](=O)c2cccc(C)c2)cc1. The number of amides is 1. The molecule has 0 heterocycles. The van der Waals surface area contributed by atoms with E-state index in [1.54, 1.807) is 37.4 Å². The van der Waals surface area contributed by atoms with Crippen LogP contribution in [0.3, 0.4) is 0 Å². The fourth-order valence-corrected chi connectivity index (χ4v) is 2.86. The molecule has 0 bridgehead atoms. The third kappa shape index (κ3) is 4.43. The van der Waals surface area contributed by atoms with E-state index in [0.717, 1.165) is 11.3 Å². The summed E-state index contributed by atoms with van der Waals surface area (Å²) in [6.07, 6.45) is 0. The van der Waals surface area contributed by atoms with Gasteiger partial charge >= 0.3 is 0 Å². The first kappa shape index (κ1) is 15.3. The van der Waals surface area contributed by atoms with Crippen LogP contribution in [-0.2, 0) is 15.6 Å². The van der Waals surface area contributed by atoms with Gasteiger partial charge in [-0.25, -0.2) is 0 Å². The van der Waals surface area contributed by atoms with Crippen molar-refractivity contribution in [1.29, 1.82) is 0 Å². The van der Waals surface area contributed by atoms with E-state index < -0.39 is 10.8 Å². The summed E-state index contributed by atoms with van der Waals surface area (Å²) in [4.78, 5) is 12.6. The lowest BCUT2D eigenvalue weighted by molar-refractivity contribution is -0.113. The van der Waals surface area contributed by atoms with Crippen LogP contribution in [0.15, 0.2) is 53.4 Å². The summed E-state index contributed by atoms with van der Waals surface area (Å²) in [5.74, 6) is 0.381. The van der Waals surface area contributed by atoms with E-state index in [-0.39, 0.29) is 11.7 Å². The van der Waals surface area contributed by atoms with E-state index in [2.05, 4.69) is 5.32 Å².